The molecule has 1 unspecified atom stereocenters. The zero-order chi connectivity index (χ0) is 13.9. The fourth-order valence-corrected chi connectivity index (χ4v) is 3.01. The number of halogens is 1. The summed E-state index contributed by atoms with van der Waals surface area (Å²) in [6.45, 7) is 6.16. The number of nitrogens with two attached hydrogens (primary N) is 1. The normalized spacial score (nSPS) is 13.4. The van der Waals surface area contributed by atoms with Crippen LogP contribution in [0.3, 0.4) is 0 Å². The number of nitrogens with zero attached hydrogens (tertiary/aromatic N) is 1. The number of nitro groups is 1. The monoisotopic (exact) mass is 288 g/mol. The van der Waals surface area contributed by atoms with E-state index >= 15 is 0 Å². The fraction of sp³-hybridized carbons (Fsp3) is 0.455. The summed E-state index contributed by atoms with van der Waals surface area (Å²) in [7, 11) is -1.87. The van der Waals surface area contributed by atoms with Crippen molar-refractivity contribution in [2.24, 2.45) is 5.73 Å². The largest absolute Gasteiger partial charge is 0.409 e. The highest BCUT2D eigenvalue weighted by atomic mass is 35.5. The van der Waals surface area contributed by atoms with Crippen LogP contribution in [0.5, 0.6) is 0 Å². The van der Waals surface area contributed by atoms with Crippen molar-refractivity contribution in [3.8, 4) is 0 Å². The predicted molar refractivity (Wildman–Crippen MR) is 74.3 cm³/mol. The van der Waals surface area contributed by atoms with Crippen LogP contribution in [0.25, 0.3) is 0 Å². The summed E-state index contributed by atoms with van der Waals surface area (Å²) in [5.74, 6) is 0. The maximum absolute atomic E-state index is 11.0. The van der Waals surface area contributed by atoms with Crippen LogP contribution in [-0.4, -0.2) is 19.8 Å². The maximum atomic E-state index is 11.0. The zero-order valence-electron chi connectivity index (χ0n) is 10.6. The van der Waals surface area contributed by atoms with Crippen LogP contribution >= 0.6 is 11.6 Å². The highest BCUT2D eigenvalue weighted by Crippen LogP contribution is 2.34. The Morgan fingerprint density at radius 2 is 2.11 bits per heavy atom. The van der Waals surface area contributed by atoms with Crippen LogP contribution in [0, 0.1) is 10.1 Å². The van der Waals surface area contributed by atoms with Gasteiger partial charge in [0.15, 0.2) is 8.32 Å². The molecule has 100 valence electrons. The van der Waals surface area contributed by atoms with Gasteiger partial charge in [-0.2, -0.15) is 0 Å². The minimum atomic E-state index is -1.87. The van der Waals surface area contributed by atoms with Crippen molar-refractivity contribution in [2.75, 3.05) is 6.54 Å². The Balaban J connectivity index is 3.24. The second kappa shape index (κ2) is 5.79. The van der Waals surface area contributed by atoms with Gasteiger partial charge in [0, 0.05) is 12.6 Å². The van der Waals surface area contributed by atoms with E-state index in [4.69, 9.17) is 21.8 Å². The molecule has 0 aliphatic rings. The third-order valence-electron chi connectivity index (χ3n) is 2.26. The van der Waals surface area contributed by atoms with Crippen molar-refractivity contribution in [3.63, 3.8) is 0 Å². The van der Waals surface area contributed by atoms with Crippen LogP contribution in [0.1, 0.15) is 11.7 Å². The first kappa shape index (κ1) is 15.1. The second-order valence-corrected chi connectivity index (χ2v) is 9.75. The second-order valence-electron chi connectivity index (χ2n) is 4.88. The molecule has 7 heteroatoms. The van der Waals surface area contributed by atoms with Gasteiger partial charge in [-0.15, -0.1) is 0 Å². The quantitative estimate of drug-likeness (QED) is 0.513. The first-order valence-corrected chi connectivity index (χ1v) is 9.35. The van der Waals surface area contributed by atoms with Crippen molar-refractivity contribution in [1.82, 2.24) is 0 Å². The molecular formula is C11H17ClN2O3Si. The lowest BCUT2D eigenvalue weighted by Crippen LogP contribution is -2.31. The lowest BCUT2D eigenvalue weighted by atomic mass is 10.1. The molecule has 18 heavy (non-hydrogen) atoms. The SMILES string of the molecule is C[Si](C)(C)OC(CN)c1c(Cl)cccc1[N+](=O)[O-]. The molecule has 0 heterocycles. The third-order valence-corrected chi connectivity index (χ3v) is 3.58. The van der Waals surface area contributed by atoms with Gasteiger partial charge in [-0.25, -0.2) is 0 Å². The van der Waals surface area contributed by atoms with Crippen molar-refractivity contribution >= 4 is 25.6 Å². The van der Waals surface area contributed by atoms with Crippen LogP contribution in [-0.2, 0) is 4.43 Å². The lowest BCUT2D eigenvalue weighted by Gasteiger charge is -2.26. The Bertz CT molecular complexity index is 448. The molecule has 0 fully saturated rings. The van der Waals surface area contributed by atoms with E-state index in [9.17, 15) is 10.1 Å². The molecule has 2 N–H and O–H groups in total. The molecule has 0 amide bonds. The molecule has 5 nitrogen and oxygen atoms in total. The van der Waals surface area contributed by atoms with Gasteiger partial charge in [0.05, 0.1) is 21.6 Å². The van der Waals surface area contributed by atoms with E-state index in [1.165, 1.54) is 6.07 Å². The molecule has 0 bridgehead atoms. The number of benzene rings is 1. The van der Waals surface area contributed by atoms with Gasteiger partial charge >= 0.3 is 0 Å². The molecule has 0 aliphatic carbocycles. The summed E-state index contributed by atoms with van der Waals surface area (Å²) in [6, 6.07) is 4.57. The Kier molecular flexibility index (Phi) is 4.86. The summed E-state index contributed by atoms with van der Waals surface area (Å²) in [5.41, 5.74) is 5.99. The van der Waals surface area contributed by atoms with Gasteiger partial charge in [-0.05, 0) is 25.7 Å². The van der Waals surface area contributed by atoms with E-state index < -0.39 is 19.3 Å². The first-order valence-electron chi connectivity index (χ1n) is 5.57. The molecule has 0 spiro atoms. The third kappa shape index (κ3) is 3.77. The van der Waals surface area contributed by atoms with Crippen molar-refractivity contribution in [2.45, 2.75) is 25.7 Å². The molecule has 0 saturated heterocycles. The number of nitro benzene ring substituents is 1. The molecule has 1 aromatic rings. The topological polar surface area (TPSA) is 78.4 Å². The zero-order valence-corrected chi connectivity index (χ0v) is 12.4. The van der Waals surface area contributed by atoms with Gasteiger partial charge in [0.25, 0.3) is 5.69 Å². The average Bonchev–Trinajstić information content (AvgIpc) is 2.24. The standard InChI is InChI=1S/C11H17ClN2O3Si/c1-18(2,3)17-10(7-13)11-8(12)5-4-6-9(11)14(15)16/h4-6,10H,7,13H2,1-3H3. The minimum Gasteiger partial charge on any atom is -0.409 e. The number of rotatable bonds is 5. The van der Waals surface area contributed by atoms with Crippen LogP contribution in [0.4, 0.5) is 5.69 Å². The van der Waals surface area contributed by atoms with Crippen molar-refractivity contribution in [1.29, 1.82) is 0 Å². The fourth-order valence-electron chi connectivity index (χ4n) is 1.66. The van der Waals surface area contributed by atoms with E-state index in [2.05, 4.69) is 0 Å². The number of hydrogen-bond acceptors (Lipinski definition) is 4. The average molecular weight is 289 g/mol. The summed E-state index contributed by atoms with van der Waals surface area (Å²) >= 11 is 6.05. The minimum absolute atomic E-state index is 0.0452. The van der Waals surface area contributed by atoms with E-state index in [0.717, 1.165) is 0 Å². The Labute approximate surface area is 112 Å². The van der Waals surface area contributed by atoms with E-state index in [-0.39, 0.29) is 12.2 Å². The summed E-state index contributed by atoms with van der Waals surface area (Å²) in [4.78, 5) is 10.6. The van der Waals surface area contributed by atoms with Gasteiger partial charge < -0.3 is 10.2 Å². The highest BCUT2D eigenvalue weighted by Gasteiger charge is 2.29. The van der Waals surface area contributed by atoms with Crippen molar-refractivity contribution in [3.05, 3.63) is 38.9 Å². The molecule has 0 radical (unpaired) electrons. The molecule has 0 saturated carbocycles. The molecule has 0 aromatic heterocycles. The van der Waals surface area contributed by atoms with Crippen LogP contribution in [0.2, 0.25) is 24.7 Å². The van der Waals surface area contributed by atoms with Gasteiger partial charge in [-0.1, -0.05) is 17.7 Å². The molecule has 0 aliphatic heterocycles. The highest BCUT2D eigenvalue weighted by molar-refractivity contribution is 6.69. The van der Waals surface area contributed by atoms with Crippen LogP contribution in [0.15, 0.2) is 18.2 Å². The van der Waals surface area contributed by atoms with E-state index in [1.54, 1.807) is 12.1 Å². The lowest BCUT2D eigenvalue weighted by molar-refractivity contribution is -0.386. The van der Waals surface area contributed by atoms with Gasteiger partial charge in [-0.3, -0.25) is 10.1 Å². The predicted octanol–water partition coefficient (Wildman–Crippen LogP) is 3.10. The Hall–Kier alpha value is -0.953. The summed E-state index contributed by atoms with van der Waals surface area (Å²) < 4.78 is 5.87. The molecule has 1 aromatic carbocycles. The summed E-state index contributed by atoms with van der Waals surface area (Å²) in [5, 5.41) is 11.3. The molecule has 1 atom stereocenters. The first-order chi connectivity index (χ1) is 8.26. The smallest absolute Gasteiger partial charge is 0.276 e. The Morgan fingerprint density at radius 1 is 1.50 bits per heavy atom. The van der Waals surface area contributed by atoms with Gasteiger partial charge in [0.2, 0.25) is 0 Å². The van der Waals surface area contributed by atoms with E-state index in [1.807, 2.05) is 19.6 Å². The maximum Gasteiger partial charge on any atom is 0.276 e. The Morgan fingerprint density at radius 3 is 2.56 bits per heavy atom. The molecule has 1 rings (SSSR count). The summed E-state index contributed by atoms with van der Waals surface area (Å²) in [6.07, 6.45) is -0.536. The number of hydrogen-bond donors (Lipinski definition) is 1. The molecular weight excluding hydrogens is 272 g/mol. The van der Waals surface area contributed by atoms with Crippen molar-refractivity contribution < 1.29 is 9.35 Å². The van der Waals surface area contributed by atoms with Crippen LogP contribution < -0.4 is 5.73 Å². The van der Waals surface area contributed by atoms with Gasteiger partial charge in [0.1, 0.15) is 0 Å². The van der Waals surface area contributed by atoms with E-state index in [0.29, 0.717) is 10.6 Å².